The Morgan fingerprint density at radius 1 is 1.24 bits per heavy atom. The number of carbonyl (C=O) groups is 2. The number of hydrogen-bond acceptors (Lipinski definition) is 6. The topological polar surface area (TPSA) is 93.2 Å². The molecule has 0 atom stereocenters. The lowest BCUT2D eigenvalue weighted by atomic mass is 10.1. The quantitative estimate of drug-likeness (QED) is 0.568. The summed E-state index contributed by atoms with van der Waals surface area (Å²) in [5, 5.41) is 6.17. The van der Waals surface area contributed by atoms with E-state index in [9.17, 15) is 9.59 Å². The van der Waals surface area contributed by atoms with Gasteiger partial charge in [0.15, 0.2) is 10.3 Å². The minimum absolute atomic E-state index is 0.171. The highest BCUT2D eigenvalue weighted by Gasteiger charge is 2.15. The molecule has 7 nitrogen and oxygen atoms in total. The third-order valence-electron chi connectivity index (χ3n) is 3.95. The molecule has 1 aromatic carbocycles. The summed E-state index contributed by atoms with van der Waals surface area (Å²) < 4.78 is 5.18. The third-order valence-corrected chi connectivity index (χ3v) is 5.38. The van der Waals surface area contributed by atoms with E-state index in [1.807, 2.05) is 25.1 Å². The SMILES string of the molecule is COc1cccc(CC(=O)Nc2cc(-c3sc(NC(C)=O)nc3C)cnc2Cl)c1. The van der Waals surface area contributed by atoms with Crippen LogP contribution < -0.4 is 15.4 Å². The molecule has 3 aromatic rings. The fourth-order valence-electron chi connectivity index (χ4n) is 2.69. The molecule has 0 saturated heterocycles. The van der Waals surface area contributed by atoms with E-state index in [2.05, 4.69) is 20.6 Å². The number of halogens is 1. The smallest absolute Gasteiger partial charge is 0.228 e. The minimum Gasteiger partial charge on any atom is -0.497 e. The molecule has 9 heteroatoms. The van der Waals surface area contributed by atoms with Gasteiger partial charge >= 0.3 is 0 Å². The zero-order chi connectivity index (χ0) is 21.0. The minimum atomic E-state index is -0.223. The van der Waals surface area contributed by atoms with Crippen molar-refractivity contribution in [1.82, 2.24) is 9.97 Å². The predicted octanol–water partition coefficient (Wildman–Crippen LogP) is 4.32. The van der Waals surface area contributed by atoms with Crippen molar-refractivity contribution in [2.24, 2.45) is 0 Å². The van der Waals surface area contributed by atoms with E-state index in [-0.39, 0.29) is 23.4 Å². The molecular weight excluding hydrogens is 412 g/mol. The van der Waals surface area contributed by atoms with Crippen molar-refractivity contribution in [1.29, 1.82) is 0 Å². The van der Waals surface area contributed by atoms with Crippen molar-refractivity contribution in [3.63, 3.8) is 0 Å². The van der Waals surface area contributed by atoms with Crippen LogP contribution in [0, 0.1) is 6.92 Å². The van der Waals surface area contributed by atoms with Gasteiger partial charge in [-0.2, -0.15) is 0 Å². The molecule has 0 spiro atoms. The molecule has 0 radical (unpaired) electrons. The molecule has 0 bridgehead atoms. The largest absolute Gasteiger partial charge is 0.497 e. The molecule has 0 aliphatic rings. The first kappa shape index (κ1) is 20.8. The maximum atomic E-state index is 12.5. The van der Waals surface area contributed by atoms with E-state index in [1.165, 1.54) is 18.3 Å². The lowest BCUT2D eigenvalue weighted by Gasteiger charge is -2.09. The molecule has 2 aromatic heterocycles. The van der Waals surface area contributed by atoms with Crippen molar-refractivity contribution >= 4 is 45.6 Å². The highest BCUT2D eigenvalue weighted by atomic mass is 35.5. The fraction of sp³-hybridized carbons (Fsp3) is 0.200. The second-order valence-electron chi connectivity index (χ2n) is 6.25. The van der Waals surface area contributed by atoms with Gasteiger partial charge in [-0.15, -0.1) is 0 Å². The Morgan fingerprint density at radius 3 is 2.76 bits per heavy atom. The van der Waals surface area contributed by atoms with Gasteiger partial charge in [-0.25, -0.2) is 9.97 Å². The zero-order valence-corrected chi connectivity index (χ0v) is 17.6. The van der Waals surface area contributed by atoms with Gasteiger partial charge in [-0.1, -0.05) is 35.1 Å². The number of nitrogens with one attached hydrogen (secondary N) is 2. The zero-order valence-electron chi connectivity index (χ0n) is 16.1. The van der Waals surface area contributed by atoms with Crippen molar-refractivity contribution in [3.8, 4) is 16.2 Å². The number of methoxy groups -OCH3 is 1. The van der Waals surface area contributed by atoms with Crippen LogP contribution in [0.1, 0.15) is 18.2 Å². The highest BCUT2D eigenvalue weighted by molar-refractivity contribution is 7.19. The van der Waals surface area contributed by atoms with E-state index in [4.69, 9.17) is 16.3 Å². The number of rotatable bonds is 6. The number of carbonyl (C=O) groups excluding carboxylic acids is 2. The van der Waals surface area contributed by atoms with Crippen molar-refractivity contribution in [2.75, 3.05) is 17.7 Å². The van der Waals surface area contributed by atoms with Gasteiger partial charge in [0.05, 0.1) is 29.8 Å². The molecule has 29 heavy (non-hydrogen) atoms. The van der Waals surface area contributed by atoms with Crippen LogP contribution >= 0.6 is 22.9 Å². The average Bonchev–Trinajstić information content (AvgIpc) is 3.03. The molecule has 0 aliphatic heterocycles. The lowest BCUT2D eigenvalue weighted by Crippen LogP contribution is -2.15. The maximum absolute atomic E-state index is 12.5. The Kier molecular flexibility index (Phi) is 6.46. The van der Waals surface area contributed by atoms with Crippen LogP contribution in [0.25, 0.3) is 10.4 Å². The monoisotopic (exact) mass is 430 g/mol. The number of nitrogens with zero attached hydrogens (tertiary/aromatic N) is 2. The first-order chi connectivity index (χ1) is 13.9. The molecular formula is C20H19ClN4O3S. The van der Waals surface area contributed by atoms with Crippen LogP contribution in [0.2, 0.25) is 5.15 Å². The summed E-state index contributed by atoms with van der Waals surface area (Å²) >= 11 is 7.51. The van der Waals surface area contributed by atoms with Crippen molar-refractivity contribution < 1.29 is 14.3 Å². The molecule has 3 rings (SSSR count). The summed E-state index contributed by atoms with van der Waals surface area (Å²) in [5.41, 5.74) is 2.72. The second-order valence-corrected chi connectivity index (χ2v) is 7.61. The van der Waals surface area contributed by atoms with E-state index in [0.717, 1.165) is 21.7 Å². The van der Waals surface area contributed by atoms with Crippen molar-refractivity contribution in [2.45, 2.75) is 20.3 Å². The first-order valence-electron chi connectivity index (χ1n) is 8.69. The average molecular weight is 431 g/mol. The molecule has 150 valence electrons. The van der Waals surface area contributed by atoms with Crippen LogP contribution in [-0.2, 0) is 16.0 Å². The maximum Gasteiger partial charge on any atom is 0.228 e. The molecule has 2 N–H and O–H groups in total. The van der Waals surface area contributed by atoms with Crippen molar-refractivity contribution in [3.05, 3.63) is 52.9 Å². The van der Waals surface area contributed by atoms with Crippen LogP contribution in [0.5, 0.6) is 5.75 Å². The second kappa shape index (κ2) is 9.02. The third kappa shape index (κ3) is 5.30. The van der Waals surface area contributed by atoms with Gasteiger partial charge in [0.25, 0.3) is 0 Å². The number of pyridine rings is 1. The number of ether oxygens (including phenoxy) is 1. The van der Waals surface area contributed by atoms with Gasteiger partial charge in [0, 0.05) is 18.7 Å². The Labute approximate surface area is 177 Å². The highest BCUT2D eigenvalue weighted by Crippen LogP contribution is 2.35. The molecule has 0 aliphatic carbocycles. The fourth-order valence-corrected chi connectivity index (χ4v) is 3.83. The normalized spacial score (nSPS) is 10.5. The van der Waals surface area contributed by atoms with Gasteiger partial charge in [-0.3, -0.25) is 9.59 Å². The van der Waals surface area contributed by atoms with Gasteiger partial charge in [0.2, 0.25) is 11.8 Å². The summed E-state index contributed by atoms with van der Waals surface area (Å²) in [6.45, 7) is 3.27. The predicted molar refractivity (Wildman–Crippen MR) is 115 cm³/mol. The van der Waals surface area contributed by atoms with Crippen LogP contribution in [0.3, 0.4) is 0 Å². The molecule has 0 unspecified atom stereocenters. The lowest BCUT2D eigenvalue weighted by molar-refractivity contribution is -0.116. The van der Waals surface area contributed by atoms with Gasteiger partial charge < -0.3 is 15.4 Å². The van der Waals surface area contributed by atoms with Crippen LogP contribution in [-0.4, -0.2) is 28.9 Å². The van der Waals surface area contributed by atoms with Gasteiger partial charge in [-0.05, 0) is 30.7 Å². The van der Waals surface area contributed by atoms with Crippen LogP contribution in [0.4, 0.5) is 10.8 Å². The number of anilines is 2. The summed E-state index contributed by atoms with van der Waals surface area (Å²) in [7, 11) is 1.58. The Hall–Kier alpha value is -2.97. The summed E-state index contributed by atoms with van der Waals surface area (Å²) in [6, 6.07) is 9.05. The molecule has 0 saturated carbocycles. The number of amides is 2. The summed E-state index contributed by atoms with van der Waals surface area (Å²) in [6.07, 6.45) is 1.78. The molecule has 2 amide bonds. The van der Waals surface area contributed by atoms with E-state index in [1.54, 1.807) is 25.4 Å². The molecule has 2 heterocycles. The van der Waals surface area contributed by atoms with E-state index in [0.29, 0.717) is 16.6 Å². The Morgan fingerprint density at radius 2 is 2.03 bits per heavy atom. The standard InChI is InChI=1S/C20H19ClN4O3S/c1-11-18(29-20(23-11)24-12(2)26)14-9-16(19(21)22-10-14)25-17(27)8-13-5-4-6-15(7-13)28-3/h4-7,9-10H,8H2,1-3H3,(H,25,27)(H,23,24,26). The summed E-state index contributed by atoms with van der Waals surface area (Å²) in [4.78, 5) is 33.1. The number of aryl methyl sites for hydroxylation is 1. The number of hydrogen-bond donors (Lipinski definition) is 2. The number of benzene rings is 1. The Balaban J connectivity index is 1.79. The summed E-state index contributed by atoms with van der Waals surface area (Å²) in [5.74, 6) is 0.275. The first-order valence-corrected chi connectivity index (χ1v) is 9.89. The number of aromatic nitrogens is 2. The number of thiazole rings is 1. The van der Waals surface area contributed by atoms with Crippen LogP contribution in [0.15, 0.2) is 36.5 Å². The molecule has 0 fully saturated rings. The van der Waals surface area contributed by atoms with Gasteiger partial charge in [0.1, 0.15) is 5.75 Å². The van der Waals surface area contributed by atoms with E-state index < -0.39 is 0 Å². The Bertz CT molecular complexity index is 1070. The van der Waals surface area contributed by atoms with E-state index >= 15 is 0 Å².